The minimum Gasteiger partial charge on any atom is -0.484 e. The van der Waals surface area contributed by atoms with Gasteiger partial charge < -0.3 is 15.0 Å². The molecule has 3 aromatic rings. The number of rotatable bonds is 10. The van der Waals surface area contributed by atoms with E-state index in [4.69, 9.17) is 4.74 Å². The molecular formula is C26H26BrIN2O3. The molecule has 0 aliphatic carbocycles. The van der Waals surface area contributed by atoms with Crippen molar-refractivity contribution in [1.29, 1.82) is 0 Å². The summed E-state index contributed by atoms with van der Waals surface area (Å²) < 4.78 is 7.81. The lowest BCUT2D eigenvalue weighted by atomic mass is 10.0. The number of benzene rings is 3. The number of hydrogen-bond donors (Lipinski definition) is 1. The van der Waals surface area contributed by atoms with E-state index in [1.54, 1.807) is 4.90 Å². The monoisotopic (exact) mass is 620 g/mol. The van der Waals surface area contributed by atoms with Gasteiger partial charge in [-0.25, -0.2) is 0 Å². The average molecular weight is 621 g/mol. The van der Waals surface area contributed by atoms with Gasteiger partial charge >= 0.3 is 0 Å². The van der Waals surface area contributed by atoms with E-state index in [1.165, 1.54) is 0 Å². The van der Waals surface area contributed by atoms with Gasteiger partial charge in [0.15, 0.2) is 6.61 Å². The number of nitrogens with zero attached hydrogens (tertiary/aromatic N) is 1. The molecule has 0 spiro atoms. The smallest absolute Gasteiger partial charge is 0.261 e. The molecule has 1 atom stereocenters. The largest absolute Gasteiger partial charge is 0.484 e. The summed E-state index contributed by atoms with van der Waals surface area (Å²) >= 11 is 5.67. The molecule has 172 valence electrons. The Bertz CT molecular complexity index is 1040. The Kier molecular flexibility index (Phi) is 9.75. The molecule has 33 heavy (non-hydrogen) atoms. The fourth-order valence-corrected chi connectivity index (χ4v) is 4.02. The molecule has 0 saturated heterocycles. The first-order chi connectivity index (χ1) is 16.0. The maximum absolute atomic E-state index is 13.4. The summed E-state index contributed by atoms with van der Waals surface area (Å²) in [7, 11) is 0. The zero-order valence-electron chi connectivity index (χ0n) is 18.3. The van der Waals surface area contributed by atoms with Crippen LogP contribution in [0.15, 0.2) is 83.3 Å². The van der Waals surface area contributed by atoms with Crippen molar-refractivity contribution < 1.29 is 14.3 Å². The van der Waals surface area contributed by atoms with Crippen molar-refractivity contribution in [3.05, 3.63) is 98.0 Å². The molecule has 2 amide bonds. The van der Waals surface area contributed by atoms with Gasteiger partial charge in [0.25, 0.3) is 5.91 Å². The second kappa shape index (κ2) is 12.7. The number of carbonyl (C=O) groups is 2. The molecule has 7 heteroatoms. The minimum absolute atomic E-state index is 0.151. The molecule has 0 saturated carbocycles. The quantitative estimate of drug-likeness (QED) is 0.317. The van der Waals surface area contributed by atoms with E-state index in [0.29, 0.717) is 25.3 Å². The van der Waals surface area contributed by atoms with E-state index in [2.05, 4.69) is 43.8 Å². The SMILES string of the molecule is CCNC(=O)C(Cc1ccccc1)N(Cc1ccc(Br)cc1)C(=O)COc1ccc(I)cc1. The molecule has 0 heterocycles. The lowest BCUT2D eigenvalue weighted by Gasteiger charge is -2.31. The predicted molar refractivity (Wildman–Crippen MR) is 142 cm³/mol. The van der Waals surface area contributed by atoms with Crippen molar-refractivity contribution in [2.45, 2.75) is 25.9 Å². The summed E-state index contributed by atoms with van der Waals surface area (Å²) in [6.45, 7) is 2.51. The fraction of sp³-hybridized carbons (Fsp3) is 0.231. The number of carbonyl (C=O) groups excluding carboxylic acids is 2. The summed E-state index contributed by atoms with van der Waals surface area (Å²) in [5, 5.41) is 2.89. The van der Waals surface area contributed by atoms with Crippen LogP contribution in [0.4, 0.5) is 0 Å². The first kappa shape index (κ1) is 25.2. The number of nitrogens with one attached hydrogen (secondary N) is 1. The minimum atomic E-state index is -0.663. The lowest BCUT2D eigenvalue weighted by Crippen LogP contribution is -2.51. The molecule has 0 radical (unpaired) electrons. The topological polar surface area (TPSA) is 58.6 Å². The molecule has 0 bridgehead atoms. The van der Waals surface area contributed by atoms with E-state index in [-0.39, 0.29) is 18.4 Å². The highest BCUT2D eigenvalue weighted by Crippen LogP contribution is 2.18. The van der Waals surface area contributed by atoms with E-state index >= 15 is 0 Å². The molecule has 0 aliphatic rings. The first-order valence-corrected chi connectivity index (χ1v) is 12.6. The third kappa shape index (κ3) is 7.85. The third-order valence-corrected chi connectivity index (χ3v) is 6.31. The number of amides is 2. The van der Waals surface area contributed by atoms with E-state index < -0.39 is 6.04 Å². The van der Waals surface area contributed by atoms with Gasteiger partial charge in [0.1, 0.15) is 11.8 Å². The summed E-state index contributed by atoms with van der Waals surface area (Å²) in [5.41, 5.74) is 1.92. The van der Waals surface area contributed by atoms with E-state index in [9.17, 15) is 9.59 Å². The highest BCUT2D eigenvalue weighted by Gasteiger charge is 2.30. The number of hydrogen-bond acceptors (Lipinski definition) is 3. The Labute approximate surface area is 216 Å². The normalized spacial score (nSPS) is 11.5. The Hall–Kier alpha value is -2.39. The van der Waals surface area contributed by atoms with Crippen LogP contribution in [0.1, 0.15) is 18.1 Å². The second-order valence-electron chi connectivity index (χ2n) is 7.49. The van der Waals surface area contributed by atoms with Crippen molar-refractivity contribution >= 4 is 50.3 Å². The van der Waals surface area contributed by atoms with Crippen LogP contribution in [-0.2, 0) is 22.6 Å². The van der Waals surface area contributed by atoms with Crippen molar-refractivity contribution in [3.63, 3.8) is 0 Å². The van der Waals surface area contributed by atoms with Crippen molar-refractivity contribution in [3.8, 4) is 5.75 Å². The summed E-state index contributed by atoms with van der Waals surface area (Å²) in [6, 6.07) is 24.3. The maximum atomic E-state index is 13.4. The fourth-order valence-electron chi connectivity index (χ4n) is 3.39. The summed E-state index contributed by atoms with van der Waals surface area (Å²) in [4.78, 5) is 28.1. The number of likely N-dealkylation sites (N-methyl/N-ethyl adjacent to an activating group) is 1. The maximum Gasteiger partial charge on any atom is 0.261 e. The van der Waals surface area contributed by atoms with Crippen LogP contribution in [0.5, 0.6) is 5.75 Å². The van der Waals surface area contributed by atoms with Crippen LogP contribution in [-0.4, -0.2) is 35.9 Å². The van der Waals surface area contributed by atoms with Crippen LogP contribution in [0.3, 0.4) is 0 Å². The third-order valence-electron chi connectivity index (χ3n) is 5.06. The van der Waals surface area contributed by atoms with Gasteiger partial charge in [0.2, 0.25) is 5.91 Å². The standard InChI is InChI=1S/C26H26BrIN2O3/c1-2-29-26(32)24(16-19-6-4-3-5-7-19)30(17-20-8-10-21(27)11-9-20)25(31)18-33-23-14-12-22(28)13-15-23/h3-15,24H,2,16-18H2,1H3,(H,29,32). The second-order valence-corrected chi connectivity index (χ2v) is 9.65. The Morgan fingerprint density at radius 1 is 0.970 bits per heavy atom. The van der Waals surface area contributed by atoms with Crippen molar-refractivity contribution in [1.82, 2.24) is 10.2 Å². The van der Waals surface area contributed by atoms with Crippen LogP contribution in [0.25, 0.3) is 0 Å². The van der Waals surface area contributed by atoms with Gasteiger partial charge in [-0.15, -0.1) is 0 Å². The molecular weight excluding hydrogens is 595 g/mol. The van der Waals surface area contributed by atoms with Gasteiger partial charge in [-0.3, -0.25) is 9.59 Å². The zero-order valence-corrected chi connectivity index (χ0v) is 22.1. The molecule has 0 aliphatic heterocycles. The Balaban J connectivity index is 1.87. The van der Waals surface area contributed by atoms with Crippen LogP contribution in [0.2, 0.25) is 0 Å². The van der Waals surface area contributed by atoms with E-state index in [0.717, 1.165) is 19.2 Å². The van der Waals surface area contributed by atoms with E-state index in [1.807, 2.05) is 85.8 Å². The molecule has 0 fully saturated rings. The van der Waals surface area contributed by atoms with Crippen LogP contribution < -0.4 is 10.1 Å². The molecule has 3 rings (SSSR count). The summed E-state index contributed by atoms with van der Waals surface area (Å²) in [5.74, 6) is 0.190. The van der Waals surface area contributed by atoms with Crippen LogP contribution >= 0.6 is 38.5 Å². The molecule has 5 nitrogen and oxygen atoms in total. The Morgan fingerprint density at radius 3 is 2.27 bits per heavy atom. The Morgan fingerprint density at radius 2 is 1.64 bits per heavy atom. The van der Waals surface area contributed by atoms with Gasteiger partial charge in [0, 0.05) is 27.6 Å². The van der Waals surface area contributed by atoms with Crippen molar-refractivity contribution in [2.75, 3.05) is 13.2 Å². The number of halogens is 2. The van der Waals surface area contributed by atoms with Gasteiger partial charge in [-0.2, -0.15) is 0 Å². The number of ether oxygens (including phenoxy) is 1. The average Bonchev–Trinajstić information content (AvgIpc) is 2.82. The summed E-state index contributed by atoms with van der Waals surface area (Å²) in [6.07, 6.45) is 0.415. The highest BCUT2D eigenvalue weighted by atomic mass is 127. The zero-order chi connectivity index (χ0) is 23.6. The predicted octanol–water partition coefficient (Wildman–Crippen LogP) is 5.21. The first-order valence-electron chi connectivity index (χ1n) is 10.7. The molecule has 1 N–H and O–H groups in total. The molecule has 0 aromatic heterocycles. The van der Waals surface area contributed by atoms with Gasteiger partial charge in [-0.1, -0.05) is 58.4 Å². The van der Waals surface area contributed by atoms with Gasteiger partial charge in [0.05, 0.1) is 0 Å². The van der Waals surface area contributed by atoms with Crippen molar-refractivity contribution in [2.24, 2.45) is 0 Å². The molecule has 1 unspecified atom stereocenters. The van der Waals surface area contributed by atoms with Gasteiger partial charge in [-0.05, 0) is 77.0 Å². The van der Waals surface area contributed by atoms with Crippen LogP contribution in [0, 0.1) is 3.57 Å². The highest BCUT2D eigenvalue weighted by molar-refractivity contribution is 14.1. The molecule has 3 aromatic carbocycles. The lowest BCUT2D eigenvalue weighted by molar-refractivity contribution is -0.142.